The first-order valence-corrected chi connectivity index (χ1v) is 8.25. The van der Waals surface area contributed by atoms with Gasteiger partial charge in [-0.05, 0) is 31.9 Å². The van der Waals surface area contributed by atoms with E-state index in [1.54, 1.807) is 24.9 Å². The second-order valence-electron chi connectivity index (χ2n) is 6.35. The lowest BCUT2D eigenvalue weighted by Crippen LogP contribution is -2.49. The Bertz CT molecular complexity index is 790. The molecule has 1 saturated heterocycles. The monoisotopic (exact) mass is 368 g/mol. The van der Waals surface area contributed by atoms with Crippen LogP contribution >= 0.6 is 0 Å². The average Bonchev–Trinajstić information content (AvgIpc) is 3.06. The average molecular weight is 368 g/mol. The number of rotatable bonds is 3. The molecule has 1 unspecified atom stereocenters. The molecule has 0 saturated carbocycles. The fraction of sp³-hybridized carbons (Fsp3) is 0.471. The van der Waals surface area contributed by atoms with Crippen LogP contribution in [-0.4, -0.2) is 47.1 Å². The molecule has 0 radical (unpaired) electrons. The summed E-state index contributed by atoms with van der Waals surface area (Å²) in [5.74, 6) is 0.121. The normalized spacial score (nSPS) is 18.0. The molecule has 26 heavy (non-hydrogen) atoms. The van der Waals surface area contributed by atoms with Crippen LogP contribution < -0.4 is 4.90 Å². The molecule has 2 aromatic heterocycles. The molecule has 0 spiro atoms. The summed E-state index contributed by atoms with van der Waals surface area (Å²) in [4.78, 5) is 19.6. The highest BCUT2D eigenvalue weighted by Crippen LogP contribution is 2.36. The Morgan fingerprint density at radius 1 is 1.42 bits per heavy atom. The molecule has 1 aliphatic heterocycles. The van der Waals surface area contributed by atoms with E-state index in [4.69, 9.17) is 4.52 Å². The highest BCUT2D eigenvalue weighted by atomic mass is 19.4. The molecule has 1 atom stereocenters. The molecule has 3 rings (SSSR count). The van der Waals surface area contributed by atoms with E-state index in [2.05, 4.69) is 10.1 Å². The Balaban J connectivity index is 1.79. The van der Waals surface area contributed by atoms with Crippen molar-refractivity contribution in [3.63, 3.8) is 0 Å². The van der Waals surface area contributed by atoms with E-state index in [0.29, 0.717) is 31.7 Å². The van der Waals surface area contributed by atoms with Crippen LogP contribution in [0.25, 0.3) is 0 Å². The van der Waals surface area contributed by atoms with E-state index < -0.39 is 11.7 Å². The molecule has 2 aromatic rings. The van der Waals surface area contributed by atoms with E-state index in [9.17, 15) is 18.0 Å². The highest BCUT2D eigenvalue weighted by molar-refractivity contribution is 5.92. The number of carbonyl (C=O) groups is 1. The first-order chi connectivity index (χ1) is 12.3. The van der Waals surface area contributed by atoms with Crippen molar-refractivity contribution >= 4 is 11.7 Å². The fourth-order valence-corrected chi connectivity index (χ4v) is 3.16. The zero-order valence-electron chi connectivity index (χ0n) is 14.5. The van der Waals surface area contributed by atoms with Gasteiger partial charge in [-0.25, -0.2) is 4.98 Å². The summed E-state index contributed by atoms with van der Waals surface area (Å²) in [6, 6.07) is 3.57. The van der Waals surface area contributed by atoms with Gasteiger partial charge in [-0.1, -0.05) is 5.16 Å². The molecule has 3 heterocycles. The van der Waals surface area contributed by atoms with Gasteiger partial charge in [-0.3, -0.25) is 4.79 Å². The quantitative estimate of drug-likeness (QED) is 0.833. The Labute approximate surface area is 148 Å². The number of carbonyl (C=O) groups excluding carboxylic acids is 1. The van der Waals surface area contributed by atoms with Gasteiger partial charge in [0.05, 0.1) is 5.56 Å². The molecule has 0 aliphatic carbocycles. The van der Waals surface area contributed by atoms with E-state index in [1.807, 2.05) is 0 Å². The number of hydrogen-bond acceptors (Lipinski definition) is 5. The first kappa shape index (κ1) is 18.2. The second-order valence-corrected chi connectivity index (χ2v) is 6.35. The maximum Gasteiger partial charge on any atom is 0.419 e. The summed E-state index contributed by atoms with van der Waals surface area (Å²) in [5.41, 5.74) is -0.572. The van der Waals surface area contributed by atoms with Crippen molar-refractivity contribution in [1.29, 1.82) is 0 Å². The third-order valence-electron chi connectivity index (χ3n) is 4.50. The standard InChI is InChI=1S/C17H19F3N4O2/c1-11-9-14(22-26-11)16(25)24-8-4-5-12(10-24)23(2)15-13(17(18,19)20)6-3-7-21-15/h3,6-7,9,12H,4-5,8,10H2,1-2H3. The topological polar surface area (TPSA) is 62.5 Å². The minimum Gasteiger partial charge on any atom is -0.361 e. The second kappa shape index (κ2) is 6.97. The number of hydrogen-bond donors (Lipinski definition) is 0. The molecule has 1 aliphatic rings. The van der Waals surface area contributed by atoms with Crippen molar-refractivity contribution < 1.29 is 22.5 Å². The van der Waals surface area contributed by atoms with Crippen LogP contribution in [0.3, 0.4) is 0 Å². The summed E-state index contributed by atoms with van der Waals surface area (Å²) in [5, 5.41) is 3.72. The molecular formula is C17H19F3N4O2. The summed E-state index contributed by atoms with van der Waals surface area (Å²) in [6.45, 7) is 2.52. The van der Waals surface area contributed by atoms with Crippen LogP contribution in [-0.2, 0) is 6.18 Å². The number of pyridine rings is 1. The number of aryl methyl sites for hydroxylation is 1. The number of alkyl halides is 3. The van der Waals surface area contributed by atoms with Crippen molar-refractivity contribution in [3.05, 3.63) is 41.4 Å². The molecule has 0 aromatic carbocycles. The lowest BCUT2D eigenvalue weighted by atomic mass is 10.0. The number of anilines is 1. The molecule has 0 bridgehead atoms. The first-order valence-electron chi connectivity index (χ1n) is 8.25. The van der Waals surface area contributed by atoms with Crippen molar-refractivity contribution in [2.24, 2.45) is 0 Å². The molecule has 0 N–H and O–H groups in total. The third kappa shape index (κ3) is 3.66. The Morgan fingerprint density at radius 2 is 2.19 bits per heavy atom. The van der Waals surface area contributed by atoms with Gasteiger partial charge in [0.2, 0.25) is 0 Å². The van der Waals surface area contributed by atoms with Gasteiger partial charge in [0.1, 0.15) is 11.6 Å². The minimum absolute atomic E-state index is 0.128. The fourth-order valence-electron chi connectivity index (χ4n) is 3.16. The van der Waals surface area contributed by atoms with Gasteiger partial charge < -0.3 is 14.3 Å². The number of nitrogens with zero attached hydrogens (tertiary/aromatic N) is 4. The number of likely N-dealkylation sites (tertiary alicyclic amines) is 1. The predicted molar refractivity (Wildman–Crippen MR) is 87.8 cm³/mol. The largest absolute Gasteiger partial charge is 0.419 e. The molecular weight excluding hydrogens is 349 g/mol. The smallest absolute Gasteiger partial charge is 0.361 e. The zero-order valence-corrected chi connectivity index (χ0v) is 14.5. The molecule has 1 fully saturated rings. The zero-order chi connectivity index (χ0) is 18.9. The van der Waals surface area contributed by atoms with E-state index in [-0.39, 0.29) is 23.5 Å². The van der Waals surface area contributed by atoms with Crippen LogP contribution in [0.1, 0.15) is 34.7 Å². The Morgan fingerprint density at radius 3 is 2.85 bits per heavy atom. The van der Waals surface area contributed by atoms with Crippen molar-refractivity contribution in [3.8, 4) is 0 Å². The van der Waals surface area contributed by atoms with Gasteiger partial charge in [-0.2, -0.15) is 13.2 Å². The van der Waals surface area contributed by atoms with Crippen molar-refractivity contribution in [2.75, 3.05) is 25.0 Å². The number of halogens is 3. The van der Waals surface area contributed by atoms with Gasteiger partial charge >= 0.3 is 6.18 Å². The summed E-state index contributed by atoms with van der Waals surface area (Å²) >= 11 is 0. The van der Waals surface area contributed by atoms with Crippen LogP contribution in [0.2, 0.25) is 0 Å². The highest BCUT2D eigenvalue weighted by Gasteiger charge is 2.37. The van der Waals surface area contributed by atoms with Crippen molar-refractivity contribution in [1.82, 2.24) is 15.0 Å². The molecule has 9 heteroatoms. The summed E-state index contributed by atoms with van der Waals surface area (Å²) in [6.07, 6.45) is -1.79. The molecule has 6 nitrogen and oxygen atoms in total. The van der Waals surface area contributed by atoms with E-state index in [1.165, 1.54) is 17.2 Å². The number of aromatic nitrogens is 2. The maximum atomic E-state index is 13.3. The third-order valence-corrected chi connectivity index (χ3v) is 4.50. The summed E-state index contributed by atoms with van der Waals surface area (Å²) < 4.78 is 44.7. The van der Waals surface area contributed by atoms with Gasteiger partial charge in [0.25, 0.3) is 5.91 Å². The van der Waals surface area contributed by atoms with Gasteiger partial charge in [-0.15, -0.1) is 0 Å². The number of piperidine rings is 1. The summed E-state index contributed by atoms with van der Waals surface area (Å²) in [7, 11) is 1.58. The molecule has 1 amide bonds. The number of likely N-dealkylation sites (N-methyl/N-ethyl adjacent to an activating group) is 1. The van der Waals surface area contributed by atoms with Crippen molar-refractivity contribution in [2.45, 2.75) is 32.0 Å². The maximum absolute atomic E-state index is 13.3. The molecule has 140 valence electrons. The number of amides is 1. The predicted octanol–water partition coefficient (Wildman–Crippen LogP) is 3.14. The Kier molecular flexibility index (Phi) is 4.88. The van der Waals surface area contributed by atoms with Crippen LogP contribution in [0, 0.1) is 6.92 Å². The minimum atomic E-state index is -4.49. The van der Waals surface area contributed by atoms with Crippen LogP contribution in [0.4, 0.5) is 19.0 Å². The lowest BCUT2D eigenvalue weighted by Gasteiger charge is -2.38. The lowest BCUT2D eigenvalue weighted by molar-refractivity contribution is -0.137. The Hall–Kier alpha value is -2.58. The van der Waals surface area contributed by atoms with E-state index in [0.717, 1.165) is 6.07 Å². The SMILES string of the molecule is Cc1cc(C(=O)N2CCCC(N(C)c3ncccc3C(F)(F)F)C2)no1. The van der Waals surface area contributed by atoms with Crippen LogP contribution in [0.5, 0.6) is 0 Å². The van der Waals surface area contributed by atoms with E-state index >= 15 is 0 Å². The van der Waals surface area contributed by atoms with Gasteiger partial charge in [0.15, 0.2) is 5.69 Å². The van der Waals surface area contributed by atoms with Gasteiger partial charge in [0, 0.05) is 38.4 Å². The van der Waals surface area contributed by atoms with Crippen LogP contribution in [0.15, 0.2) is 28.9 Å².